The molecular formula is C18H20N2O2. The summed E-state index contributed by atoms with van der Waals surface area (Å²) in [5.74, 6) is 0.972. The number of aryl methyl sites for hydroxylation is 2. The first-order valence-corrected chi connectivity index (χ1v) is 7.57. The third-order valence-corrected chi connectivity index (χ3v) is 3.96. The van der Waals surface area contributed by atoms with E-state index >= 15 is 0 Å². The van der Waals surface area contributed by atoms with Gasteiger partial charge in [-0.25, -0.2) is 0 Å². The highest BCUT2D eigenvalue weighted by molar-refractivity contribution is 5.95. The number of hydrogen-bond donors (Lipinski definition) is 0. The molecule has 4 nitrogen and oxygen atoms in total. The molecule has 0 unspecified atom stereocenters. The SMILES string of the molecule is Cc1cc(C(=O)N2CCC2)cc(C)c1OCc1cccnc1. The summed E-state index contributed by atoms with van der Waals surface area (Å²) in [5.41, 5.74) is 3.77. The van der Waals surface area contributed by atoms with Crippen LogP contribution in [0.3, 0.4) is 0 Å². The number of likely N-dealkylation sites (tertiary alicyclic amines) is 1. The van der Waals surface area contributed by atoms with E-state index in [9.17, 15) is 4.79 Å². The van der Waals surface area contributed by atoms with Crippen molar-refractivity contribution in [1.29, 1.82) is 0 Å². The van der Waals surface area contributed by atoms with E-state index in [1.165, 1.54) is 0 Å². The molecule has 0 saturated carbocycles. The maximum Gasteiger partial charge on any atom is 0.253 e. The van der Waals surface area contributed by atoms with Crippen molar-refractivity contribution in [3.05, 3.63) is 58.9 Å². The fourth-order valence-corrected chi connectivity index (χ4v) is 2.64. The van der Waals surface area contributed by atoms with Crippen molar-refractivity contribution in [2.45, 2.75) is 26.9 Å². The predicted molar refractivity (Wildman–Crippen MR) is 85.0 cm³/mol. The van der Waals surface area contributed by atoms with Crippen LogP contribution in [0.15, 0.2) is 36.7 Å². The maximum atomic E-state index is 12.3. The van der Waals surface area contributed by atoms with Crippen molar-refractivity contribution in [2.75, 3.05) is 13.1 Å². The van der Waals surface area contributed by atoms with E-state index in [0.29, 0.717) is 6.61 Å². The number of aromatic nitrogens is 1. The van der Waals surface area contributed by atoms with E-state index in [4.69, 9.17) is 4.74 Å². The topological polar surface area (TPSA) is 42.4 Å². The number of hydrogen-bond acceptors (Lipinski definition) is 3. The third kappa shape index (κ3) is 2.96. The Balaban J connectivity index is 1.76. The average Bonchev–Trinajstić information content (AvgIpc) is 2.45. The van der Waals surface area contributed by atoms with Crippen molar-refractivity contribution in [2.24, 2.45) is 0 Å². The first-order valence-electron chi connectivity index (χ1n) is 7.57. The molecule has 1 amide bonds. The van der Waals surface area contributed by atoms with Gasteiger partial charge in [0.25, 0.3) is 5.91 Å². The van der Waals surface area contributed by atoms with Gasteiger partial charge in [-0.2, -0.15) is 0 Å². The largest absolute Gasteiger partial charge is 0.488 e. The van der Waals surface area contributed by atoms with Gasteiger partial charge in [0.05, 0.1) is 0 Å². The molecule has 22 heavy (non-hydrogen) atoms. The second-order valence-electron chi connectivity index (χ2n) is 5.73. The van der Waals surface area contributed by atoms with Crippen molar-refractivity contribution < 1.29 is 9.53 Å². The number of benzene rings is 1. The highest BCUT2D eigenvalue weighted by Gasteiger charge is 2.22. The van der Waals surface area contributed by atoms with Crippen LogP contribution in [0.1, 0.15) is 33.5 Å². The van der Waals surface area contributed by atoms with Crippen LogP contribution < -0.4 is 4.74 Å². The Morgan fingerprint density at radius 2 is 2.00 bits per heavy atom. The van der Waals surface area contributed by atoms with Gasteiger partial charge in [-0.15, -0.1) is 0 Å². The summed E-state index contributed by atoms with van der Waals surface area (Å²) in [6.07, 6.45) is 4.65. The van der Waals surface area contributed by atoms with Crippen LogP contribution in [-0.2, 0) is 6.61 Å². The molecule has 1 fully saturated rings. The normalized spacial score (nSPS) is 13.6. The molecule has 114 valence electrons. The first-order chi connectivity index (χ1) is 10.6. The van der Waals surface area contributed by atoms with Crippen LogP contribution in [0, 0.1) is 13.8 Å². The van der Waals surface area contributed by atoms with Crippen LogP contribution in [-0.4, -0.2) is 28.9 Å². The molecule has 1 aromatic carbocycles. The van der Waals surface area contributed by atoms with Gasteiger partial charge in [0.1, 0.15) is 12.4 Å². The molecule has 0 radical (unpaired) electrons. The quantitative estimate of drug-likeness (QED) is 0.870. The number of carbonyl (C=O) groups is 1. The van der Waals surface area contributed by atoms with Gasteiger partial charge in [0, 0.05) is 36.6 Å². The van der Waals surface area contributed by atoms with Crippen molar-refractivity contribution in [3.8, 4) is 5.75 Å². The summed E-state index contributed by atoms with van der Waals surface area (Å²) in [7, 11) is 0. The Morgan fingerprint density at radius 1 is 1.27 bits per heavy atom. The van der Waals surface area contributed by atoms with Crippen LogP contribution in [0.5, 0.6) is 5.75 Å². The van der Waals surface area contributed by atoms with Crippen LogP contribution in [0.4, 0.5) is 0 Å². The highest BCUT2D eigenvalue weighted by Crippen LogP contribution is 2.27. The number of amides is 1. The number of rotatable bonds is 4. The van der Waals surface area contributed by atoms with Crippen molar-refractivity contribution >= 4 is 5.91 Å². The lowest BCUT2D eigenvalue weighted by atomic mass is 10.0. The van der Waals surface area contributed by atoms with Gasteiger partial charge in [-0.05, 0) is 49.6 Å². The lowest BCUT2D eigenvalue weighted by Gasteiger charge is -2.31. The minimum Gasteiger partial charge on any atom is -0.488 e. The summed E-state index contributed by atoms with van der Waals surface area (Å²) < 4.78 is 5.92. The van der Waals surface area contributed by atoms with Gasteiger partial charge in [-0.1, -0.05) is 6.07 Å². The number of pyridine rings is 1. The van der Waals surface area contributed by atoms with Gasteiger partial charge >= 0.3 is 0 Å². The number of nitrogens with zero attached hydrogens (tertiary/aromatic N) is 2. The molecule has 0 bridgehead atoms. The van der Waals surface area contributed by atoms with Gasteiger partial charge in [0.15, 0.2) is 0 Å². The summed E-state index contributed by atoms with van der Waals surface area (Å²) in [5, 5.41) is 0. The Hall–Kier alpha value is -2.36. The van der Waals surface area contributed by atoms with Gasteiger partial charge in [-0.3, -0.25) is 9.78 Å². The zero-order chi connectivity index (χ0) is 15.5. The van der Waals surface area contributed by atoms with E-state index < -0.39 is 0 Å². The van der Waals surface area contributed by atoms with Crippen LogP contribution >= 0.6 is 0 Å². The molecule has 4 heteroatoms. The second-order valence-corrected chi connectivity index (χ2v) is 5.73. The fraction of sp³-hybridized carbons (Fsp3) is 0.333. The average molecular weight is 296 g/mol. The van der Waals surface area contributed by atoms with Crippen molar-refractivity contribution in [3.63, 3.8) is 0 Å². The molecule has 1 aliphatic heterocycles. The molecule has 1 aliphatic rings. The Morgan fingerprint density at radius 3 is 2.55 bits per heavy atom. The third-order valence-electron chi connectivity index (χ3n) is 3.96. The molecule has 0 aliphatic carbocycles. The smallest absolute Gasteiger partial charge is 0.253 e. The first kappa shape index (κ1) is 14.6. The summed E-state index contributed by atoms with van der Waals surface area (Å²) in [6, 6.07) is 7.73. The van der Waals surface area contributed by atoms with Gasteiger partial charge < -0.3 is 9.64 Å². The lowest BCUT2D eigenvalue weighted by Crippen LogP contribution is -2.42. The van der Waals surface area contributed by atoms with Crippen molar-refractivity contribution in [1.82, 2.24) is 9.88 Å². The zero-order valence-electron chi connectivity index (χ0n) is 13.0. The van der Waals surface area contributed by atoms with E-state index in [1.54, 1.807) is 12.4 Å². The molecule has 3 rings (SSSR count). The molecule has 1 aromatic heterocycles. The highest BCUT2D eigenvalue weighted by atomic mass is 16.5. The monoisotopic (exact) mass is 296 g/mol. The Bertz CT molecular complexity index is 656. The molecular weight excluding hydrogens is 276 g/mol. The molecule has 1 saturated heterocycles. The molecule has 2 aromatic rings. The Labute approximate surface area is 130 Å². The van der Waals surface area contributed by atoms with E-state index in [0.717, 1.165) is 47.5 Å². The van der Waals surface area contributed by atoms with E-state index in [-0.39, 0.29) is 5.91 Å². The molecule has 0 spiro atoms. The second kappa shape index (κ2) is 6.18. The number of carbonyl (C=O) groups excluding carboxylic acids is 1. The number of ether oxygens (including phenoxy) is 1. The standard InChI is InChI=1S/C18H20N2O2/c1-13-9-16(18(21)20-7-4-8-20)10-14(2)17(13)22-12-15-5-3-6-19-11-15/h3,5-6,9-11H,4,7-8,12H2,1-2H3. The zero-order valence-corrected chi connectivity index (χ0v) is 13.0. The molecule has 0 N–H and O–H groups in total. The summed E-state index contributed by atoms with van der Waals surface area (Å²) in [4.78, 5) is 18.3. The minimum absolute atomic E-state index is 0.122. The summed E-state index contributed by atoms with van der Waals surface area (Å²) in [6.45, 7) is 6.19. The lowest BCUT2D eigenvalue weighted by molar-refractivity contribution is 0.0651. The summed E-state index contributed by atoms with van der Waals surface area (Å²) >= 11 is 0. The minimum atomic E-state index is 0.122. The molecule has 2 heterocycles. The predicted octanol–water partition coefficient (Wildman–Crippen LogP) is 3.12. The fourth-order valence-electron chi connectivity index (χ4n) is 2.64. The van der Waals surface area contributed by atoms with E-state index in [2.05, 4.69) is 4.98 Å². The van der Waals surface area contributed by atoms with Crippen LogP contribution in [0.25, 0.3) is 0 Å². The maximum absolute atomic E-state index is 12.3. The molecule has 0 atom stereocenters. The Kier molecular flexibility index (Phi) is 4.09. The van der Waals surface area contributed by atoms with E-state index in [1.807, 2.05) is 43.0 Å². The van der Waals surface area contributed by atoms with Crippen LogP contribution in [0.2, 0.25) is 0 Å². The van der Waals surface area contributed by atoms with Gasteiger partial charge in [0.2, 0.25) is 0 Å².